The molecule has 1 fully saturated rings. The second-order valence-electron chi connectivity index (χ2n) is 6.24. The average molecular weight is 321 g/mol. The number of rotatable bonds is 4. The van der Waals surface area contributed by atoms with Crippen LogP contribution in [0.4, 0.5) is 0 Å². The molecule has 1 aliphatic heterocycles. The van der Waals surface area contributed by atoms with Crippen LogP contribution >= 0.6 is 0 Å². The molecule has 0 radical (unpaired) electrons. The van der Waals surface area contributed by atoms with Crippen molar-refractivity contribution in [2.45, 2.75) is 25.6 Å². The summed E-state index contributed by atoms with van der Waals surface area (Å²) in [6.45, 7) is -0.0867. The first-order valence-electron chi connectivity index (χ1n) is 8.18. The fraction of sp³-hybridized carbons (Fsp3) is 0.263. The molecule has 0 spiro atoms. The van der Waals surface area contributed by atoms with E-state index in [1.165, 1.54) is 0 Å². The summed E-state index contributed by atoms with van der Waals surface area (Å²) in [7, 11) is 0. The molecule has 1 aliphatic carbocycles. The summed E-state index contributed by atoms with van der Waals surface area (Å²) in [5.41, 5.74) is 2.61. The zero-order chi connectivity index (χ0) is 16.5. The van der Waals surface area contributed by atoms with E-state index in [4.69, 9.17) is 0 Å². The van der Waals surface area contributed by atoms with Gasteiger partial charge < -0.3 is 15.7 Å². The minimum Gasteiger partial charge on any atom is -0.390 e. The van der Waals surface area contributed by atoms with E-state index < -0.39 is 0 Å². The summed E-state index contributed by atoms with van der Waals surface area (Å²) >= 11 is 0. The van der Waals surface area contributed by atoms with Gasteiger partial charge in [-0.3, -0.25) is 9.78 Å². The molecule has 2 aliphatic rings. The highest BCUT2D eigenvalue weighted by Gasteiger charge is 2.30. The fourth-order valence-electron chi connectivity index (χ4n) is 2.95. The maximum absolute atomic E-state index is 11.9. The van der Waals surface area contributed by atoms with Crippen molar-refractivity contribution in [3.05, 3.63) is 52.7 Å². The average Bonchev–Trinajstić information content (AvgIpc) is 3.46. The van der Waals surface area contributed by atoms with Gasteiger partial charge in [-0.15, -0.1) is 0 Å². The summed E-state index contributed by atoms with van der Waals surface area (Å²) in [6.07, 6.45) is 7.47. The van der Waals surface area contributed by atoms with Crippen LogP contribution in [0.5, 0.6) is 0 Å². The van der Waals surface area contributed by atoms with Gasteiger partial charge in [0.1, 0.15) is 6.17 Å². The summed E-state index contributed by atoms with van der Waals surface area (Å²) < 4.78 is 0. The molecule has 1 aromatic carbocycles. The monoisotopic (exact) mass is 321 g/mol. The molecule has 5 heteroatoms. The van der Waals surface area contributed by atoms with Gasteiger partial charge in [-0.05, 0) is 47.1 Å². The summed E-state index contributed by atoms with van der Waals surface area (Å²) in [4.78, 5) is 16.1. The fourth-order valence-corrected chi connectivity index (χ4v) is 2.95. The quantitative estimate of drug-likeness (QED) is 0.753. The number of benzene rings is 1. The van der Waals surface area contributed by atoms with E-state index in [2.05, 4.69) is 21.7 Å². The molecule has 0 bridgehead atoms. The molecule has 2 heterocycles. The number of hydrogen-bond donors (Lipinski definition) is 3. The van der Waals surface area contributed by atoms with Crippen LogP contribution in [-0.4, -0.2) is 22.2 Å². The van der Waals surface area contributed by atoms with Crippen molar-refractivity contribution in [3.63, 3.8) is 0 Å². The number of aliphatic hydroxyl groups excluding tert-OH is 1. The van der Waals surface area contributed by atoms with Gasteiger partial charge in [0, 0.05) is 23.9 Å². The van der Waals surface area contributed by atoms with Gasteiger partial charge in [-0.25, -0.2) is 0 Å². The van der Waals surface area contributed by atoms with E-state index in [9.17, 15) is 9.90 Å². The van der Waals surface area contributed by atoms with Crippen LogP contribution in [-0.2, 0) is 11.4 Å². The topological polar surface area (TPSA) is 74.2 Å². The SMILES string of the molecule is O=C(NC1C=c2ccc(-c3cccnc3CO)cc2=CN1)C1CC1. The zero-order valence-corrected chi connectivity index (χ0v) is 13.2. The van der Waals surface area contributed by atoms with Crippen molar-refractivity contribution in [3.8, 4) is 11.1 Å². The molecule has 2 aromatic rings. The lowest BCUT2D eigenvalue weighted by Crippen LogP contribution is -2.48. The highest BCUT2D eigenvalue weighted by molar-refractivity contribution is 5.82. The van der Waals surface area contributed by atoms with Gasteiger partial charge >= 0.3 is 0 Å². The Morgan fingerprint density at radius 1 is 1.29 bits per heavy atom. The Kier molecular flexibility index (Phi) is 3.78. The normalized spacial score (nSPS) is 18.6. The highest BCUT2D eigenvalue weighted by Crippen LogP contribution is 2.28. The molecular weight excluding hydrogens is 302 g/mol. The first-order chi connectivity index (χ1) is 11.7. The van der Waals surface area contributed by atoms with Gasteiger partial charge in [0.15, 0.2) is 0 Å². The highest BCUT2D eigenvalue weighted by atomic mass is 16.3. The van der Waals surface area contributed by atoms with Crippen LogP contribution in [0.15, 0.2) is 36.5 Å². The number of nitrogens with one attached hydrogen (secondary N) is 2. The Morgan fingerprint density at radius 2 is 2.17 bits per heavy atom. The molecule has 1 atom stereocenters. The number of pyridine rings is 1. The predicted molar refractivity (Wildman–Crippen MR) is 91.6 cm³/mol. The Bertz CT molecular complexity index is 903. The lowest BCUT2D eigenvalue weighted by atomic mass is 10.0. The number of fused-ring (bicyclic) bond motifs is 1. The molecule has 1 amide bonds. The molecule has 1 aromatic heterocycles. The number of carbonyl (C=O) groups excluding carboxylic acids is 1. The summed E-state index contributed by atoms with van der Waals surface area (Å²) in [5, 5.41) is 17.8. The van der Waals surface area contributed by atoms with Gasteiger partial charge in [0.25, 0.3) is 0 Å². The number of amides is 1. The van der Waals surface area contributed by atoms with Gasteiger partial charge in [-0.2, -0.15) is 0 Å². The van der Waals surface area contributed by atoms with Crippen molar-refractivity contribution < 1.29 is 9.90 Å². The number of aliphatic hydroxyl groups is 1. The second kappa shape index (κ2) is 6.09. The van der Waals surface area contributed by atoms with Crippen LogP contribution in [0.25, 0.3) is 23.4 Å². The smallest absolute Gasteiger partial charge is 0.224 e. The van der Waals surface area contributed by atoms with Crippen molar-refractivity contribution in [1.29, 1.82) is 0 Å². The molecule has 24 heavy (non-hydrogen) atoms. The molecule has 1 saturated carbocycles. The Morgan fingerprint density at radius 3 is 2.96 bits per heavy atom. The first-order valence-corrected chi connectivity index (χ1v) is 8.18. The Balaban J connectivity index is 1.64. The predicted octanol–water partition coefficient (Wildman–Crippen LogP) is 0.215. The van der Waals surface area contributed by atoms with Crippen molar-refractivity contribution in [2.24, 2.45) is 5.92 Å². The zero-order valence-electron chi connectivity index (χ0n) is 13.2. The standard InChI is InChI=1S/C19H19N3O2/c23-11-17-16(2-1-7-20-17)14-6-5-13-9-18(21-10-15(13)8-14)22-19(24)12-3-4-12/h1-2,5-10,12,18,21,23H,3-4,11H2,(H,22,24). The van der Waals surface area contributed by atoms with E-state index in [0.29, 0.717) is 5.69 Å². The van der Waals surface area contributed by atoms with E-state index in [0.717, 1.165) is 34.4 Å². The van der Waals surface area contributed by atoms with Gasteiger partial charge in [-0.1, -0.05) is 18.2 Å². The van der Waals surface area contributed by atoms with Crippen LogP contribution in [0.3, 0.4) is 0 Å². The summed E-state index contributed by atoms with van der Waals surface area (Å²) in [5.74, 6) is 0.326. The maximum Gasteiger partial charge on any atom is 0.224 e. The maximum atomic E-state index is 11.9. The minimum absolute atomic E-state index is 0.0867. The van der Waals surface area contributed by atoms with Crippen LogP contribution in [0, 0.1) is 5.92 Å². The molecule has 4 rings (SSSR count). The van der Waals surface area contributed by atoms with Gasteiger partial charge in [0.2, 0.25) is 5.91 Å². The lowest BCUT2D eigenvalue weighted by Gasteiger charge is -2.18. The molecule has 1 unspecified atom stereocenters. The van der Waals surface area contributed by atoms with E-state index >= 15 is 0 Å². The minimum atomic E-state index is -0.164. The summed E-state index contributed by atoms with van der Waals surface area (Å²) in [6, 6.07) is 9.94. The Labute approximate surface area is 139 Å². The van der Waals surface area contributed by atoms with Crippen molar-refractivity contribution in [1.82, 2.24) is 15.6 Å². The van der Waals surface area contributed by atoms with Crippen LogP contribution in [0.2, 0.25) is 0 Å². The van der Waals surface area contributed by atoms with E-state index in [1.54, 1.807) is 6.20 Å². The third kappa shape index (κ3) is 2.90. The first kappa shape index (κ1) is 14.9. The molecule has 0 saturated heterocycles. The number of nitrogens with zero attached hydrogens (tertiary/aromatic N) is 1. The van der Waals surface area contributed by atoms with Crippen molar-refractivity contribution in [2.75, 3.05) is 0 Å². The molecule has 3 N–H and O–H groups in total. The molecule has 122 valence electrons. The third-order valence-electron chi connectivity index (χ3n) is 4.45. The Hall–Kier alpha value is -2.66. The molecular formula is C19H19N3O2. The third-order valence-corrected chi connectivity index (χ3v) is 4.45. The van der Waals surface area contributed by atoms with Crippen LogP contribution in [0.1, 0.15) is 18.5 Å². The largest absolute Gasteiger partial charge is 0.390 e. The lowest BCUT2D eigenvalue weighted by molar-refractivity contribution is -0.122. The van der Waals surface area contributed by atoms with Crippen LogP contribution < -0.4 is 21.1 Å². The molecule has 5 nitrogen and oxygen atoms in total. The van der Waals surface area contributed by atoms with Gasteiger partial charge in [0.05, 0.1) is 12.3 Å². The van der Waals surface area contributed by atoms with E-state index in [-0.39, 0.29) is 24.6 Å². The number of aromatic nitrogens is 1. The number of carbonyl (C=O) groups is 1. The van der Waals surface area contributed by atoms with Crippen molar-refractivity contribution >= 4 is 18.2 Å². The number of hydrogen-bond acceptors (Lipinski definition) is 4. The van der Waals surface area contributed by atoms with E-state index in [1.807, 2.05) is 36.5 Å². The second-order valence-corrected chi connectivity index (χ2v) is 6.24.